The largest absolute Gasteiger partial charge is 0.341 e. The Labute approximate surface area is 98.6 Å². The lowest BCUT2D eigenvalue weighted by molar-refractivity contribution is 0.777. The Kier molecular flexibility index (Phi) is 3.36. The Hall–Kier alpha value is -1.62. The normalized spacial score (nSPS) is 10.4. The quantitative estimate of drug-likeness (QED) is 0.753. The molecule has 0 atom stereocenters. The van der Waals surface area contributed by atoms with E-state index in [2.05, 4.69) is 15.5 Å². The minimum atomic E-state index is 0.540. The van der Waals surface area contributed by atoms with Crippen LogP contribution in [0.5, 0.6) is 0 Å². The lowest BCUT2D eigenvalue weighted by Gasteiger charge is -2.15. The predicted molar refractivity (Wildman–Crippen MR) is 63.1 cm³/mol. The predicted octanol–water partition coefficient (Wildman–Crippen LogP) is 1.34. The van der Waals surface area contributed by atoms with Crippen LogP contribution in [0.1, 0.15) is 0 Å². The third-order valence-electron chi connectivity index (χ3n) is 2.22. The van der Waals surface area contributed by atoms with Crippen LogP contribution in [0.2, 0.25) is 0 Å². The van der Waals surface area contributed by atoms with Crippen molar-refractivity contribution in [1.82, 2.24) is 20.2 Å². The maximum absolute atomic E-state index is 5.69. The van der Waals surface area contributed by atoms with Gasteiger partial charge in [-0.15, -0.1) is 11.6 Å². The number of tetrazole rings is 1. The van der Waals surface area contributed by atoms with E-state index in [1.54, 1.807) is 4.68 Å². The maximum Gasteiger partial charge on any atom is 0.250 e. The van der Waals surface area contributed by atoms with Gasteiger partial charge in [0, 0.05) is 19.5 Å². The van der Waals surface area contributed by atoms with Gasteiger partial charge in [-0.05, 0) is 22.6 Å². The van der Waals surface area contributed by atoms with Gasteiger partial charge in [0.2, 0.25) is 5.95 Å². The molecule has 0 saturated heterocycles. The molecule has 0 aliphatic heterocycles. The van der Waals surface area contributed by atoms with E-state index in [0.29, 0.717) is 18.4 Å². The summed E-state index contributed by atoms with van der Waals surface area (Å²) >= 11 is 5.69. The monoisotopic (exact) mass is 237 g/mol. The fourth-order valence-corrected chi connectivity index (χ4v) is 1.64. The highest BCUT2D eigenvalue weighted by atomic mass is 35.5. The van der Waals surface area contributed by atoms with Gasteiger partial charge >= 0.3 is 0 Å². The van der Waals surface area contributed by atoms with Gasteiger partial charge in [-0.3, -0.25) is 0 Å². The molecule has 1 aromatic carbocycles. The first-order valence-corrected chi connectivity index (χ1v) is 5.47. The molecule has 5 nitrogen and oxygen atoms in total. The SMILES string of the molecule is CN(CCCl)c1nnnn1-c1ccccc1. The van der Waals surface area contributed by atoms with Gasteiger partial charge in [0.1, 0.15) is 0 Å². The van der Waals surface area contributed by atoms with E-state index in [-0.39, 0.29) is 0 Å². The highest BCUT2D eigenvalue weighted by Crippen LogP contribution is 2.13. The number of anilines is 1. The van der Waals surface area contributed by atoms with E-state index in [1.807, 2.05) is 42.3 Å². The summed E-state index contributed by atoms with van der Waals surface area (Å²) in [6.07, 6.45) is 0. The number of hydrogen-bond donors (Lipinski definition) is 0. The number of halogens is 1. The number of hydrogen-bond acceptors (Lipinski definition) is 4. The van der Waals surface area contributed by atoms with Crippen molar-refractivity contribution in [3.63, 3.8) is 0 Å². The molecule has 0 bridgehead atoms. The van der Waals surface area contributed by atoms with E-state index in [1.165, 1.54) is 0 Å². The molecule has 6 heteroatoms. The zero-order chi connectivity index (χ0) is 11.4. The van der Waals surface area contributed by atoms with E-state index in [9.17, 15) is 0 Å². The zero-order valence-corrected chi connectivity index (χ0v) is 9.67. The molecule has 0 aliphatic rings. The Morgan fingerprint density at radius 3 is 2.75 bits per heavy atom. The second-order valence-electron chi connectivity index (χ2n) is 3.34. The second kappa shape index (κ2) is 4.94. The van der Waals surface area contributed by atoms with E-state index in [0.717, 1.165) is 5.69 Å². The van der Waals surface area contributed by atoms with Crippen molar-refractivity contribution >= 4 is 17.5 Å². The number of rotatable bonds is 4. The molecule has 0 fully saturated rings. The lowest BCUT2D eigenvalue weighted by atomic mass is 10.3. The summed E-state index contributed by atoms with van der Waals surface area (Å²) in [6.45, 7) is 0.703. The smallest absolute Gasteiger partial charge is 0.250 e. The molecule has 0 unspecified atom stereocenters. The molecule has 1 heterocycles. The van der Waals surface area contributed by atoms with E-state index in [4.69, 9.17) is 11.6 Å². The van der Waals surface area contributed by atoms with Gasteiger partial charge in [0.05, 0.1) is 5.69 Å². The number of para-hydroxylation sites is 1. The molecule has 0 N–H and O–H groups in total. The summed E-state index contributed by atoms with van der Waals surface area (Å²) in [4.78, 5) is 1.92. The van der Waals surface area contributed by atoms with Crippen molar-refractivity contribution in [2.75, 3.05) is 24.4 Å². The average molecular weight is 238 g/mol. The van der Waals surface area contributed by atoms with E-state index >= 15 is 0 Å². The van der Waals surface area contributed by atoms with Crippen LogP contribution in [0.15, 0.2) is 30.3 Å². The molecule has 2 rings (SSSR count). The van der Waals surface area contributed by atoms with Crippen LogP contribution in [0.25, 0.3) is 5.69 Å². The first-order chi connectivity index (χ1) is 7.83. The Morgan fingerprint density at radius 2 is 2.06 bits per heavy atom. The van der Waals surface area contributed by atoms with Gasteiger partial charge < -0.3 is 4.90 Å². The molecular weight excluding hydrogens is 226 g/mol. The topological polar surface area (TPSA) is 46.8 Å². The lowest BCUT2D eigenvalue weighted by Crippen LogP contribution is -2.23. The molecule has 0 spiro atoms. The summed E-state index contributed by atoms with van der Waals surface area (Å²) in [5.74, 6) is 1.23. The molecule has 2 aromatic rings. The summed E-state index contributed by atoms with van der Waals surface area (Å²) in [5.41, 5.74) is 0.934. The molecule has 0 aliphatic carbocycles. The highest BCUT2D eigenvalue weighted by molar-refractivity contribution is 6.18. The molecule has 16 heavy (non-hydrogen) atoms. The van der Waals surface area contributed by atoms with Gasteiger partial charge in [-0.2, -0.15) is 4.68 Å². The molecular formula is C10H12ClN5. The Balaban J connectivity index is 2.33. The Bertz CT molecular complexity index is 441. The third kappa shape index (κ3) is 2.14. The highest BCUT2D eigenvalue weighted by Gasteiger charge is 2.11. The third-order valence-corrected chi connectivity index (χ3v) is 2.38. The number of alkyl halides is 1. The van der Waals surface area contributed by atoms with Crippen molar-refractivity contribution in [3.8, 4) is 5.69 Å². The van der Waals surface area contributed by atoms with Gasteiger partial charge in [0.15, 0.2) is 0 Å². The van der Waals surface area contributed by atoms with Crippen LogP contribution in [0.3, 0.4) is 0 Å². The van der Waals surface area contributed by atoms with Crippen LogP contribution in [-0.4, -0.2) is 39.7 Å². The van der Waals surface area contributed by atoms with Gasteiger partial charge in [-0.1, -0.05) is 23.3 Å². The minimum Gasteiger partial charge on any atom is -0.341 e. The van der Waals surface area contributed by atoms with Crippen LogP contribution in [0, 0.1) is 0 Å². The van der Waals surface area contributed by atoms with Gasteiger partial charge in [-0.25, -0.2) is 0 Å². The summed E-state index contributed by atoms with van der Waals surface area (Å²) < 4.78 is 1.69. The summed E-state index contributed by atoms with van der Waals surface area (Å²) in [6, 6.07) is 9.75. The Morgan fingerprint density at radius 1 is 1.31 bits per heavy atom. The first kappa shape index (κ1) is 10.9. The first-order valence-electron chi connectivity index (χ1n) is 4.94. The molecule has 0 saturated carbocycles. The molecule has 0 amide bonds. The van der Waals surface area contributed by atoms with Crippen LogP contribution in [0.4, 0.5) is 5.95 Å². The number of nitrogens with zero attached hydrogens (tertiary/aromatic N) is 5. The fourth-order valence-electron chi connectivity index (χ4n) is 1.38. The molecule has 0 radical (unpaired) electrons. The number of benzene rings is 1. The standard InChI is InChI=1S/C10H12ClN5/c1-15(8-7-11)10-12-13-14-16(10)9-5-3-2-4-6-9/h2-6H,7-8H2,1H3. The summed E-state index contributed by atoms with van der Waals surface area (Å²) in [7, 11) is 1.91. The van der Waals surface area contributed by atoms with Crippen molar-refractivity contribution in [2.24, 2.45) is 0 Å². The van der Waals surface area contributed by atoms with Crippen LogP contribution in [-0.2, 0) is 0 Å². The van der Waals surface area contributed by atoms with E-state index < -0.39 is 0 Å². The van der Waals surface area contributed by atoms with Gasteiger partial charge in [0.25, 0.3) is 0 Å². The van der Waals surface area contributed by atoms with Crippen molar-refractivity contribution < 1.29 is 0 Å². The molecule has 1 aromatic heterocycles. The average Bonchev–Trinajstić information content (AvgIpc) is 2.79. The maximum atomic E-state index is 5.69. The minimum absolute atomic E-state index is 0.540. The van der Waals surface area contributed by atoms with Crippen LogP contribution < -0.4 is 4.90 Å². The number of aromatic nitrogens is 4. The zero-order valence-electron chi connectivity index (χ0n) is 8.91. The fraction of sp³-hybridized carbons (Fsp3) is 0.300. The molecule has 84 valence electrons. The van der Waals surface area contributed by atoms with Crippen LogP contribution >= 0.6 is 11.6 Å². The second-order valence-corrected chi connectivity index (χ2v) is 3.71. The summed E-state index contributed by atoms with van der Waals surface area (Å²) in [5, 5.41) is 11.6. The van der Waals surface area contributed by atoms with Crippen molar-refractivity contribution in [3.05, 3.63) is 30.3 Å². The van der Waals surface area contributed by atoms with Crippen molar-refractivity contribution in [2.45, 2.75) is 0 Å². The van der Waals surface area contributed by atoms with Crippen molar-refractivity contribution in [1.29, 1.82) is 0 Å².